The van der Waals surface area contributed by atoms with Crippen molar-refractivity contribution in [1.82, 2.24) is 4.90 Å². The van der Waals surface area contributed by atoms with Gasteiger partial charge in [0.25, 0.3) is 0 Å². The Morgan fingerprint density at radius 1 is 1.14 bits per heavy atom. The molecule has 0 saturated heterocycles. The second kappa shape index (κ2) is 7.29. The Kier molecular flexibility index (Phi) is 5.41. The zero-order chi connectivity index (χ0) is 16.1. The summed E-state index contributed by atoms with van der Waals surface area (Å²) in [6, 6.07) is 7.20. The third-order valence-corrected chi connectivity index (χ3v) is 4.33. The fourth-order valence-electron chi connectivity index (χ4n) is 2.83. The standard InChI is InChI=1S/C17H25N3O2/c1-13(21)20(3)16-10-8-15(9-11-16)18-17(22)19(2)12-14-6-4-5-7-14/h8-11,14H,4-7,12H2,1-3H3,(H,18,22). The first-order chi connectivity index (χ1) is 10.5. The average Bonchev–Trinajstić information content (AvgIpc) is 3.00. The number of hydrogen-bond acceptors (Lipinski definition) is 2. The van der Waals surface area contributed by atoms with Crippen LogP contribution in [0.1, 0.15) is 32.6 Å². The third kappa shape index (κ3) is 4.23. The number of carbonyl (C=O) groups excluding carboxylic acids is 2. The van der Waals surface area contributed by atoms with Crippen molar-refractivity contribution in [2.24, 2.45) is 5.92 Å². The van der Waals surface area contributed by atoms with Gasteiger partial charge >= 0.3 is 6.03 Å². The molecule has 1 N–H and O–H groups in total. The molecule has 0 spiro atoms. The van der Waals surface area contributed by atoms with E-state index in [0.717, 1.165) is 17.9 Å². The largest absolute Gasteiger partial charge is 0.327 e. The maximum atomic E-state index is 12.2. The Balaban J connectivity index is 1.89. The van der Waals surface area contributed by atoms with Crippen LogP contribution in [-0.4, -0.2) is 37.5 Å². The van der Waals surface area contributed by atoms with Crippen LogP contribution in [0.15, 0.2) is 24.3 Å². The van der Waals surface area contributed by atoms with Crippen molar-refractivity contribution in [3.05, 3.63) is 24.3 Å². The molecule has 2 rings (SSSR count). The molecule has 0 unspecified atom stereocenters. The Hall–Kier alpha value is -2.04. The van der Waals surface area contributed by atoms with Crippen LogP contribution in [0.2, 0.25) is 0 Å². The fraction of sp³-hybridized carbons (Fsp3) is 0.529. The number of nitrogens with zero attached hydrogens (tertiary/aromatic N) is 2. The Bertz CT molecular complexity index is 521. The number of nitrogens with one attached hydrogen (secondary N) is 1. The first kappa shape index (κ1) is 16.3. The number of urea groups is 1. The van der Waals surface area contributed by atoms with Crippen molar-refractivity contribution in [2.45, 2.75) is 32.6 Å². The predicted octanol–water partition coefficient (Wildman–Crippen LogP) is 3.32. The van der Waals surface area contributed by atoms with Gasteiger partial charge in [-0.1, -0.05) is 12.8 Å². The molecule has 1 aliphatic rings. The molecule has 120 valence electrons. The molecule has 0 bridgehead atoms. The van der Waals surface area contributed by atoms with E-state index >= 15 is 0 Å². The van der Waals surface area contributed by atoms with Crippen molar-refractivity contribution < 1.29 is 9.59 Å². The van der Waals surface area contributed by atoms with Crippen LogP contribution in [-0.2, 0) is 4.79 Å². The molecule has 1 saturated carbocycles. The maximum Gasteiger partial charge on any atom is 0.321 e. The van der Waals surface area contributed by atoms with Gasteiger partial charge < -0.3 is 15.1 Å². The van der Waals surface area contributed by atoms with E-state index in [2.05, 4.69) is 5.32 Å². The smallest absolute Gasteiger partial charge is 0.321 e. The molecule has 0 aromatic heterocycles. The average molecular weight is 303 g/mol. The van der Waals surface area contributed by atoms with Gasteiger partial charge in [0.05, 0.1) is 0 Å². The van der Waals surface area contributed by atoms with Gasteiger partial charge in [-0.25, -0.2) is 4.79 Å². The molecule has 22 heavy (non-hydrogen) atoms. The lowest BCUT2D eigenvalue weighted by atomic mass is 10.1. The first-order valence-corrected chi connectivity index (χ1v) is 7.84. The van der Waals surface area contributed by atoms with E-state index in [1.165, 1.54) is 32.6 Å². The fourth-order valence-corrected chi connectivity index (χ4v) is 2.83. The van der Waals surface area contributed by atoms with Crippen LogP contribution < -0.4 is 10.2 Å². The summed E-state index contributed by atoms with van der Waals surface area (Å²) in [5.41, 5.74) is 1.55. The lowest BCUT2D eigenvalue weighted by Gasteiger charge is -2.22. The van der Waals surface area contributed by atoms with Crippen LogP contribution in [0.25, 0.3) is 0 Å². The monoisotopic (exact) mass is 303 g/mol. The highest BCUT2D eigenvalue weighted by Gasteiger charge is 2.19. The van der Waals surface area contributed by atoms with Gasteiger partial charge in [0, 0.05) is 38.9 Å². The van der Waals surface area contributed by atoms with Gasteiger partial charge in [-0.3, -0.25) is 4.79 Å². The van der Waals surface area contributed by atoms with Gasteiger partial charge in [0.15, 0.2) is 0 Å². The van der Waals surface area contributed by atoms with Crippen molar-refractivity contribution in [2.75, 3.05) is 30.9 Å². The molecule has 0 atom stereocenters. The number of carbonyl (C=O) groups is 2. The number of benzene rings is 1. The van der Waals surface area contributed by atoms with E-state index in [0.29, 0.717) is 5.92 Å². The quantitative estimate of drug-likeness (QED) is 0.927. The van der Waals surface area contributed by atoms with E-state index in [4.69, 9.17) is 0 Å². The Labute approximate surface area is 132 Å². The molecular formula is C17H25N3O2. The number of rotatable bonds is 4. The second-order valence-corrected chi connectivity index (χ2v) is 6.09. The number of amides is 3. The van der Waals surface area contributed by atoms with Crippen LogP contribution in [0.5, 0.6) is 0 Å². The topological polar surface area (TPSA) is 52.7 Å². The van der Waals surface area contributed by atoms with Crippen LogP contribution in [0, 0.1) is 5.92 Å². The SMILES string of the molecule is CC(=O)N(C)c1ccc(NC(=O)N(C)CC2CCCC2)cc1. The number of anilines is 2. The predicted molar refractivity (Wildman–Crippen MR) is 89.1 cm³/mol. The third-order valence-electron chi connectivity index (χ3n) is 4.33. The molecule has 3 amide bonds. The van der Waals surface area contributed by atoms with E-state index in [9.17, 15) is 9.59 Å². The molecule has 1 aliphatic carbocycles. The highest BCUT2D eigenvalue weighted by Crippen LogP contribution is 2.25. The summed E-state index contributed by atoms with van der Waals surface area (Å²) in [6.45, 7) is 2.34. The molecule has 0 radical (unpaired) electrons. The maximum absolute atomic E-state index is 12.2. The van der Waals surface area contributed by atoms with Crippen LogP contribution in [0.3, 0.4) is 0 Å². The van der Waals surface area contributed by atoms with Crippen molar-refractivity contribution in [1.29, 1.82) is 0 Å². The highest BCUT2D eigenvalue weighted by molar-refractivity contribution is 5.92. The summed E-state index contributed by atoms with van der Waals surface area (Å²) < 4.78 is 0. The lowest BCUT2D eigenvalue weighted by molar-refractivity contribution is -0.116. The molecule has 5 heteroatoms. The van der Waals surface area contributed by atoms with E-state index < -0.39 is 0 Å². The number of hydrogen-bond donors (Lipinski definition) is 1. The minimum Gasteiger partial charge on any atom is -0.327 e. The van der Waals surface area contributed by atoms with Gasteiger partial charge in [-0.15, -0.1) is 0 Å². The summed E-state index contributed by atoms with van der Waals surface area (Å²) >= 11 is 0. The molecule has 1 fully saturated rings. The molecule has 1 aromatic carbocycles. The molecule has 0 heterocycles. The van der Waals surface area contributed by atoms with Gasteiger partial charge in [-0.05, 0) is 43.0 Å². The van der Waals surface area contributed by atoms with Crippen molar-refractivity contribution in [3.8, 4) is 0 Å². The van der Waals surface area contributed by atoms with Crippen molar-refractivity contribution >= 4 is 23.3 Å². The minimum absolute atomic E-state index is 0.0203. The minimum atomic E-state index is -0.0837. The molecule has 5 nitrogen and oxygen atoms in total. The molecular weight excluding hydrogens is 278 g/mol. The summed E-state index contributed by atoms with van der Waals surface area (Å²) in [5, 5.41) is 2.89. The summed E-state index contributed by atoms with van der Waals surface area (Å²) in [4.78, 5) is 26.8. The second-order valence-electron chi connectivity index (χ2n) is 6.09. The van der Waals surface area contributed by atoms with Gasteiger partial charge in [-0.2, -0.15) is 0 Å². The lowest BCUT2D eigenvalue weighted by Crippen LogP contribution is -2.34. The first-order valence-electron chi connectivity index (χ1n) is 7.84. The summed E-state index contributed by atoms with van der Waals surface area (Å²) in [5.74, 6) is 0.621. The van der Waals surface area contributed by atoms with Crippen LogP contribution in [0.4, 0.5) is 16.2 Å². The van der Waals surface area contributed by atoms with Gasteiger partial charge in [0.2, 0.25) is 5.91 Å². The molecule has 1 aromatic rings. The normalized spacial score (nSPS) is 14.7. The van der Waals surface area contributed by atoms with E-state index in [-0.39, 0.29) is 11.9 Å². The Morgan fingerprint density at radius 3 is 2.27 bits per heavy atom. The highest BCUT2D eigenvalue weighted by atomic mass is 16.2. The Morgan fingerprint density at radius 2 is 1.73 bits per heavy atom. The zero-order valence-electron chi connectivity index (χ0n) is 13.6. The van der Waals surface area contributed by atoms with Crippen LogP contribution >= 0.6 is 0 Å². The van der Waals surface area contributed by atoms with Gasteiger partial charge in [0.1, 0.15) is 0 Å². The zero-order valence-corrected chi connectivity index (χ0v) is 13.6. The van der Waals surface area contributed by atoms with E-state index in [1.807, 2.05) is 31.3 Å². The van der Waals surface area contributed by atoms with Crippen molar-refractivity contribution in [3.63, 3.8) is 0 Å². The van der Waals surface area contributed by atoms with E-state index in [1.54, 1.807) is 16.8 Å². The summed E-state index contributed by atoms with van der Waals surface area (Å²) in [6.07, 6.45) is 5.02. The summed E-state index contributed by atoms with van der Waals surface area (Å²) in [7, 11) is 3.57. The molecule has 0 aliphatic heterocycles.